The molecule has 1 unspecified atom stereocenters. The predicted molar refractivity (Wildman–Crippen MR) is 53.5 cm³/mol. The molecule has 0 aliphatic carbocycles. The summed E-state index contributed by atoms with van der Waals surface area (Å²) in [7, 11) is 0. The molecule has 1 aliphatic rings. The van der Waals surface area contributed by atoms with Crippen LogP contribution >= 0.6 is 0 Å². The first-order valence-corrected chi connectivity index (χ1v) is 5.05. The molecule has 0 saturated heterocycles. The molecular formula is C11H12F3NO. The number of hydrogen-bond donors (Lipinski definition) is 1. The van der Waals surface area contributed by atoms with Crippen LogP contribution in [-0.2, 0) is 6.42 Å². The lowest BCUT2D eigenvalue weighted by atomic mass is 9.95. The summed E-state index contributed by atoms with van der Waals surface area (Å²) in [5.74, 6) is -1.27. The van der Waals surface area contributed by atoms with Crippen molar-refractivity contribution in [1.29, 1.82) is 0 Å². The van der Waals surface area contributed by atoms with E-state index in [1.807, 2.05) is 0 Å². The van der Waals surface area contributed by atoms with E-state index in [0.29, 0.717) is 18.8 Å². The molecule has 1 atom stereocenters. The molecule has 2 N–H and O–H groups in total. The zero-order valence-electron chi connectivity index (χ0n) is 8.55. The van der Waals surface area contributed by atoms with Gasteiger partial charge in [-0.3, -0.25) is 0 Å². The topological polar surface area (TPSA) is 35.2 Å². The van der Waals surface area contributed by atoms with Crippen molar-refractivity contribution in [3.63, 3.8) is 0 Å². The van der Waals surface area contributed by atoms with Crippen LogP contribution in [0.25, 0.3) is 0 Å². The Morgan fingerprint density at radius 2 is 2.12 bits per heavy atom. The number of fused-ring (bicyclic) bond motifs is 1. The Bertz CT molecular complexity index is 389. The SMILES string of the molecule is NCC(c1cccc2c1OCC2)C(F)(F)F. The lowest BCUT2D eigenvalue weighted by molar-refractivity contribution is -0.148. The van der Waals surface area contributed by atoms with Gasteiger partial charge in [-0.15, -0.1) is 0 Å². The molecule has 1 heterocycles. The van der Waals surface area contributed by atoms with E-state index in [1.54, 1.807) is 12.1 Å². The molecule has 0 bridgehead atoms. The van der Waals surface area contributed by atoms with E-state index in [4.69, 9.17) is 10.5 Å². The van der Waals surface area contributed by atoms with E-state index in [2.05, 4.69) is 0 Å². The Labute approximate surface area is 91.2 Å². The third-order valence-electron chi connectivity index (χ3n) is 2.75. The molecule has 5 heteroatoms. The van der Waals surface area contributed by atoms with Gasteiger partial charge in [0.25, 0.3) is 0 Å². The maximum Gasteiger partial charge on any atom is 0.397 e. The zero-order chi connectivity index (χ0) is 11.8. The molecule has 88 valence electrons. The Balaban J connectivity index is 2.43. The molecule has 2 rings (SSSR count). The van der Waals surface area contributed by atoms with E-state index in [1.165, 1.54) is 6.07 Å². The van der Waals surface area contributed by atoms with Crippen LogP contribution in [0.15, 0.2) is 18.2 Å². The van der Waals surface area contributed by atoms with Crippen molar-refractivity contribution in [1.82, 2.24) is 0 Å². The zero-order valence-corrected chi connectivity index (χ0v) is 8.55. The summed E-state index contributed by atoms with van der Waals surface area (Å²) in [4.78, 5) is 0. The minimum atomic E-state index is -4.32. The second-order valence-corrected chi connectivity index (χ2v) is 3.76. The number of nitrogens with two attached hydrogens (primary N) is 1. The summed E-state index contributed by atoms with van der Waals surface area (Å²) in [6, 6.07) is 4.85. The molecule has 1 aromatic carbocycles. The second-order valence-electron chi connectivity index (χ2n) is 3.76. The monoisotopic (exact) mass is 231 g/mol. The van der Waals surface area contributed by atoms with Crippen molar-refractivity contribution < 1.29 is 17.9 Å². The smallest absolute Gasteiger partial charge is 0.397 e. The Morgan fingerprint density at radius 3 is 2.75 bits per heavy atom. The fraction of sp³-hybridized carbons (Fsp3) is 0.455. The van der Waals surface area contributed by atoms with Gasteiger partial charge in [0.15, 0.2) is 0 Å². The standard InChI is InChI=1S/C11H12F3NO/c12-11(13,14)9(6-15)8-3-1-2-7-4-5-16-10(7)8/h1-3,9H,4-6,15H2. The third-order valence-corrected chi connectivity index (χ3v) is 2.75. The Morgan fingerprint density at radius 1 is 1.38 bits per heavy atom. The lowest BCUT2D eigenvalue weighted by Gasteiger charge is -2.20. The van der Waals surface area contributed by atoms with Crippen molar-refractivity contribution in [2.75, 3.05) is 13.2 Å². The first-order chi connectivity index (χ1) is 7.54. The average Bonchev–Trinajstić information content (AvgIpc) is 2.65. The first-order valence-electron chi connectivity index (χ1n) is 5.05. The fourth-order valence-electron chi connectivity index (χ4n) is 1.95. The summed E-state index contributed by atoms with van der Waals surface area (Å²) in [5.41, 5.74) is 6.20. The normalized spacial score (nSPS) is 16.8. The number of benzene rings is 1. The fourth-order valence-corrected chi connectivity index (χ4v) is 1.95. The molecule has 1 aromatic rings. The van der Waals surface area contributed by atoms with Gasteiger partial charge >= 0.3 is 6.18 Å². The molecule has 0 fully saturated rings. The van der Waals surface area contributed by atoms with E-state index >= 15 is 0 Å². The highest BCUT2D eigenvalue weighted by molar-refractivity contribution is 5.46. The van der Waals surface area contributed by atoms with Crippen LogP contribution in [0.4, 0.5) is 13.2 Å². The molecular weight excluding hydrogens is 219 g/mol. The summed E-state index contributed by atoms with van der Waals surface area (Å²) in [6.45, 7) is -0.00912. The first kappa shape index (κ1) is 11.3. The molecule has 0 spiro atoms. The molecule has 0 radical (unpaired) electrons. The predicted octanol–water partition coefficient (Wildman–Crippen LogP) is 2.23. The second kappa shape index (κ2) is 3.97. The highest BCUT2D eigenvalue weighted by atomic mass is 19.4. The minimum absolute atomic E-state index is 0.157. The maximum absolute atomic E-state index is 12.7. The summed E-state index contributed by atoms with van der Waals surface area (Å²) < 4.78 is 43.5. The molecule has 0 aromatic heterocycles. The highest BCUT2D eigenvalue weighted by Gasteiger charge is 2.41. The number of para-hydroxylation sites is 1. The largest absolute Gasteiger partial charge is 0.493 e. The van der Waals surface area contributed by atoms with Crippen LogP contribution in [0.2, 0.25) is 0 Å². The van der Waals surface area contributed by atoms with Gasteiger partial charge in [0, 0.05) is 18.5 Å². The number of alkyl halides is 3. The Hall–Kier alpha value is -1.23. The van der Waals surface area contributed by atoms with Crippen LogP contribution in [0.3, 0.4) is 0 Å². The summed E-state index contributed by atoms with van der Waals surface area (Å²) in [5, 5.41) is 0. The Kier molecular flexibility index (Phi) is 2.80. The maximum atomic E-state index is 12.7. The van der Waals surface area contributed by atoms with E-state index in [-0.39, 0.29) is 5.56 Å². The van der Waals surface area contributed by atoms with E-state index < -0.39 is 18.6 Å². The summed E-state index contributed by atoms with van der Waals surface area (Å²) in [6.07, 6.45) is -3.66. The van der Waals surface area contributed by atoms with Gasteiger partial charge in [0.05, 0.1) is 12.5 Å². The van der Waals surface area contributed by atoms with Gasteiger partial charge in [-0.05, 0) is 5.56 Å². The third kappa shape index (κ3) is 1.87. The van der Waals surface area contributed by atoms with Gasteiger partial charge in [-0.1, -0.05) is 18.2 Å². The molecule has 0 amide bonds. The highest BCUT2D eigenvalue weighted by Crippen LogP contribution is 2.41. The molecule has 0 saturated carbocycles. The van der Waals surface area contributed by atoms with E-state index in [0.717, 1.165) is 5.56 Å². The van der Waals surface area contributed by atoms with Gasteiger partial charge in [-0.2, -0.15) is 13.2 Å². The van der Waals surface area contributed by atoms with Crippen molar-refractivity contribution in [2.45, 2.75) is 18.5 Å². The van der Waals surface area contributed by atoms with Crippen molar-refractivity contribution in [2.24, 2.45) is 5.73 Å². The molecule has 1 aliphatic heterocycles. The summed E-state index contributed by atoms with van der Waals surface area (Å²) >= 11 is 0. The van der Waals surface area contributed by atoms with Crippen LogP contribution in [0.5, 0.6) is 5.75 Å². The van der Waals surface area contributed by atoms with Crippen molar-refractivity contribution in [3.8, 4) is 5.75 Å². The average molecular weight is 231 g/mol. The van der Waals surface area contributed by atoms with Crippen LogP contribution in [-0.4, -0.2) is 19.3 Å². The number of hydrogen-bond acceptors (Lipinski definition) is 2. The quantitative estimate of drug-likeness (QED) is 0.847. The number of ether oxygens (including phenoxy) is 1. The van der Waals surface area contributed by atoms with Crippen LogP contribution in [0, 0.1) is 0 Å². The number of halogens is 3. The molecule has 16 heavy (non-hydrogen) atoms. The lowest BCUT2D eigenvalue weighted by Crippen LogP contribution is -2.28. The van der Waals surface area contributed by atoms with Gasteiger partial charge in [0.1, 0.15) is 5.75 Å². The van der Waals surface area contributed by atoms with Gasteiger partial charge < -0.3 is 10.5 Å². The van der Waals surface area contributed by atoms with Crippen molar-refractivity contribution in [3.05, 3.63) is 29.3 Å². The minimum Gasteiger partial charge on any atom is -0.493 e. The van der Waals surface area contributed by atoms with Gasteiger partial charge in [-0.25, -0.2) is 0 Å². The van der Waals surface area contributed by atoms with Crippen LogP contribution in [0.1, 0.15) is 17.0 Å². The number of rotatable bonds is 2. The van der Waals surface area contributed by atoms with Crippen LogP contribution < -0.4 is 10.5 Å². The van der Waals surface area contributed by atoms with E-state index in [9.17, 15) is 13.2 Å². The van der Waals surface area contributed by atoms with Gasteiger partial charge in [0.2, 0.25) is 0 Å². The molecule has 2 nitrogen and oxygen atoms in total. The van der Waals surface area contributed by atoms with Crippen molar-refractivity contribution >= 4 is 0 Å².